The molecule has 2 N–H and O–H groups in total. The molecule has 5 heteroatoms. The van der Waals surface area contributed by atoms with Gasteiger partial charge in [-0.15, -0.1) is 11.3 Å². The minimum atomic E-state index is -0.0714. The van der Waals surface area contributed by atoms with E-state index in [0.717, 1.165) is 53.7 Å². The summed E-state index contributed by atoms with van der Waals surface area (Å²) in [6.07, 6.45) is 4.97. The Morgan fingerprint density at radius 2 is 1.60 bits per heavy atom. The zero-order valence-corrected chi connectivity index (χ0v) is 21.4. The molecular weight excluding hydrogens is 450 g/mol. The maximum Gasteiger partial charge on any atom is 0.275 e. The van der Waals surface area contributed by atoms with Crippen LogP contribution in [-0.2, 0) is 25.7 Å². The number of aryl methyl sites for hydroxylation is 3. The standard InChI is InChI=1S/C30H31N3OS/c1-30(2,3)21-14-15-23-20(16-21)17-22-26(31)27(35-28(22)32-23)29(34)33-24-10-6-4-8-18(24)12-13-19-9-5-7-11-25(19)33/h4-11,17,21H,12-16,31H2,1-3H3. The van der Waals surface area contributed by atoms with E-state index >= 15 is 0 Å². The van der Waals surface area contributed by atoms with Crippen LogP contribution in [0.2, 0.25) is 0 Å². The SMILES string of the molecule is CC(C)(C)C1CCc2nc3sc(C(=O)N4c5ccccc5CCc5ccccc54)c(N)c3cc2C1. The number of anilines is 3. The van der Waals surface area contributed by atoms with Crippen molar-refractivity contribution in [2.75, 3.05) is 10.6 Å². The molecule has 2 aromatic carbocycles. The highest BCUT2D eigenvalue weighted by atomic mass is 32.1. The molecule has 0 saturated carbocycles. The molecule has 178 valence electrons. The lowest BCUT2D eigenvalue weighted by molar-refractivity contribution is 0.100. The highest BCUT2D eigenvalue weighted by Gasteiger charge is 2.32. The molecule has 1 amide bonds. The summed E-state index contributed by atoms with van der Waals surface area (Å²) in [5.74, 6) is 0.554. The van der Waals surface area contributed by atoms with Gasteiger partial charge in [0.2, 0.25) is 0 Å². The quantitative estimate of drug-likeness (QED) is 0.315. The van der Waals surface area contributed by atoms with Crippen LogP contribution in [0, 0.1) is 11.3 Å². The van der Waals surface area contributed by atoms with Crippen LogP contribution in [0.1, 0.15) is 59.2 Å². The highest BCUT2D eigenvalue weighted by molar-refractivity contribution is 7.21. The van der Waals surface area contributed by atoms with Crippen molar-refractivity contribution in [3.05, 3.63) is 81.9 Å². The van der Waals surface area contributed by atoms with Gasteiger partial charge in [0.1, 0.15) is 9.71 Å². The Kier molecular flexibility index (Phi) is 5.22. The lowest BCUT2D eigenvalue weighted by Gasteiger charge is -2.34. The third-order valence-corrected chi connectivity index (χ3v) is 8.94. The number of carbonyl (C=O) groups is 1. The molecule has 1 aliphatic carbocycles. The first-order valence-electron chi connectivity index (χ1n) is 12.5. The number of nitrogens with two attached hydrogens (primary N) is 1. The molecule has 3 heterocycles. The van der Waals surface area contributed by atoms with E-state index in [9.17, 15) is 4.79 Å². The Hall–Kier alpha value is -3.18. The molecule has 0 saturated heterocycles. The van der Waals surface area contributed by atoms with E-state index in [1.807, 2.05) is 41.3 Å². The summed E-state index contributed by atoms with van der Waals surface area (Å²) >= 11 is 1.43. The Morgan fingerprint density at radius 1 is 0.971 bits per heavy atom. The van der Waals surface area contributed by atoms with Gasteiger partial charge in [0.25, 0.3) is 5.91 Å². The van der Waals surface area contributed by atoms with E-state index in [1.54, 1.807) is 0 Å². The third-order valence-electron chi connectivity index (χ3n) is 7.84. The van der Waals surface area contributed by atoms with Gasteiger partial charge in [0.05, 0.1) is 17.1 Å². The zero-order chi connectivity index (χ0) is 24.3. The molecule has 4 nitrogen and oxygen atoms in total. The molecule has 2 aliphatic rings. The van der Waals surface area contributed by atoms with E-state index in [-0.39, 0.29) is 11.3 Å². The van der Waals surface area contributed by atoms with Gasteiger partial charge in [0, 0.05) is 11.1 Å². The normalized spacial score (nSPS) is 17.5. The Bertz CT molecular complexity index is 1410. The van der Waals surface area contributed by atoms with Crippen LogP contribution in [0.4, 0.5) is 17.1 Å². The van der Waals surface area contributed by atoms with Crippen molar-refractivity contribution >= 4 is 44.5 Å². The first kappa shape index (κ1) is 22.3. The highest BCUT2D eigenvalue weighted by Crippen LogP contribution is 2.43. The molecule has 0 bridgehead atoms. The smallest absolute Gasteiger partial charge is 0.275 e. The fourth-order valence-corrected chi connectivity index (χ4v) is 6.72. The number of benzene rings is 2. The summed E-state index contributed by atoms with van der Waals surface area (Å²) in [4.78, 5) is 22.5. The maximum atomic E-state index is 14.2. The predicted octanol–water partition coefficient (Wildman–Crippen LogP) is 7.11. The van der Waals surface area contributed by atoms with E-state index in [1.165, 1.54) is 33.7 Å². The van der Waals surface area contributed by atoms with Gasteiger partial charge in [-0.2, -0.15) is 0 Å². The van der Waals surface area contributed by atoms with Crippen LogP contribution in [0.15, 0.2) is 54.6 Å². The minimum Gasteiger partial charge on any atom is -0.397 e. The third kappa shape index (κ3) is 3.73. The number of rotatable bonds is 1. The number of aromatic nitrogens is 1. The Balaban J connectivity index is 1.46. The summed E-state index contributed by atoms with van der Waals surface area (Å²) < 4.78 is 0. The van der Waals surface area contributed by atoms with Crippen molar-refractivity contribution in [1.82, 2.24) is 4.98 Å². The van der Waals surface area contributed by atoms with Gasteiger partial charge >= 0.3 is 0 Å². The predicted molar refractivity (Wildman–Crippen MR) is 146 cm³/mol. The van der Waals surface area contributed by atoms with Crippen molar-refractivity contribution in [2.24, 2.45) is 11.3 Å². The summed E-state index contributed by atoms with van der Waals surface area (Å²) in [5, 5.41) is 0.919. The molecule has 35 heavy (non-hydrogen) atoms. The number of thiophene rings is 1. The minimum absolute atomic E-state index is 0.0714. The van der Waals surface area contributed by atoms with E-state index in [2.05, 4.69) is 39.0 Å². The molecule has 1 atom stereocenters. The number of pyridine rings is 1. The van der Waals surface area contributed by atoms with Crippen LogP contribution >= 0.6 is 11.3 Å². The van der Waals surface area contributed by atoms with Gasteiger partial charge in [0.15, 0.2) is 0 Å². The molecule has 1 aliphatic heterocycles. The number of hydrogen-bond acceptors (Lipinski definition) is 4. The lowest BCUT2D eigenvalue weighted by atomic mass is 9.71. The van der Waals surface area contributed by atoms with Crippen molar-refractivity contribution in [2.45, 2.75) is 52.9 Å². The molecule has 4 aromatic rings. The van der Waals surface area contributed by atoms with Crippen molar-refractivity contribution in [1.29, 1.82) is 0 Å². The number of nitrogens with zero attached hydrogens (tertiary/aromatic N) is 2. The summed E-state index contributed by atoms with van der Waals surface area (Å²) in [5.41, 5.74) is 14.2. The van der Waals surface area contributed by atoms with Gasteiger partial charge < -0.3 is 5.73 Å². The van der Waals surface area contributed by atoms with Crippen LogP contribution < -0.4 is 10.6 Å². The topological polar surface area (TPSA) is 59.2 Å². The maximum absolute atomic E-state index is 14.2. The number of amides is 1. The Labute approximate surface area is 210 Å². The molecular formula is C30H31N3OS. The van der Waals surface area contributed by atoms with Crippen molar-refractivity contribution < 1.29 is 4.79 Å². The number of nitrogen functional groups attached to an aromatic ring is 1. The van der Waals surface area contributed by atoms with Gasteiger partial charge in [-0.1, -0.05) is 57.2 Å². The second-order valence-corrected chi connectivity index (χ2v) is 12.0. The monoisotopic (exact) mass is 481 g/mol. The Morgan fingerprint density at radius 3 is 2.23 bits per heavy atom. The molecule has 0 fully saturated rings. The van der Waals surface area contributed by atoms with Gasteiger partial charge in [-0.3, -0.25) is 9.69 Å². The van der Waals surface area contributed by atoms with Gasteiger partial charge in [-0.25, -0.2) is 4.98 Å². The summed E-state index contributed by atoms with van der Waals surface area (Å²) in [6.45, 7) is 6.96. The van der Waals surface area contributed by atoms with Crippen LogP contribution in [-0.4, -0.2) is 10.9 Å². The van der Waals surface area contributed by atoms with E-state index in [4.69, 9.17) is 10.7 Å². The largest absolute Gasteiger partial charge is 0.397 e. The number of para-hydroxylation sites is 2. The fourth-order valence-electron chi connectivity index (χ4n) is 5.69. The second-order valence-electron chi connectivity index (χ2n) is 11.0. The van der Waals surface area contributed by atoms with Crippen LogP contribution in [0.3, 0.4) is 0 Å². The van der Waals surface area contributed by atoms with Crippen molar-refractivity contribution in [3.63, 3.8) is 0 Å². The zero-order valence-electron chi connectivity index (χ0n) is 20.6. The fraction of sp³-hybridized carbons (Fsp3) is 0.333. The summed E-state index contributed by atoms with van der Waals surface area (Å²) in [6, 6.07) is 18.6. The average molecular weight is 482 g/mol. The lowest BCUT2D eigenvalue weighted by Crippen LogP contribution is -2.27. The number of hydrogen-bond donors (Lipinski definition) is 1. The molecule has 2 aromatic heterocycles. The van der Waals surface area contributed by atoms with Crippen LogP contribution in [0.5, 0.6) is 0 Å². The number of carbonyl (C=O) groups excluding carboxylic acids is 1. The van der Waals surface area contributed by atoms with Crippen LogP contribution in [0.25, 0.3) is 10.2 Å². The molecule has 0 spiro atoms. The van der Waals surface area contributed by atoms with E-state index < -0.39 is 0 Å². The molecule has 1 unspecified atom stereocenters. The number of fused-ring (bicyclic) bond motifs is 4. The molecule has 0 radical (unpaired) electrons. The first-order valence-corrected chi connectivity index (χ1v) is 13.3. The second kappa shape index (κ2) is 8.20. The van der Waals surface area contributed by atoms with E-state index in [0.29, 0.717) is 16.5 Å². The summed E-state index contributed by atoms with van der Waals surface area (Å²) in [7, 11) is 0. The average Bonchev–Trinajstić information content (AvgIpc) is 3.06. The van der Waals surface area contributed by atoms with Crippen molar-refractivity contribution in [3.8, 4) is 0 Å². The first-order chi connectivity index (χ1) is 16.8. The van der Waals surface area contributed by atoms with Gasteiger partial charge in [-0.05, 0) is 78.3 Å². The molecule has 6 rings (SSSR count).